The number of hydrogen-bond donors (Lipinski definition) is 0. The Balaban J connectivity index is 2.01. The summed E-state index contributed by atoms with van der Waals surface area (Å²) in [6, 6.07) is 27.9. The van der Waals surface area contributed by atoms with Crippen LogP contribution in [0.25, 0.3) is 0 Å². The lowest BCUT2D eigenvalue weighted by Crippen LogP contribution is -2.27. The SMILES string of the molecule is N#Cc1ccccc1N(C(=O)CCc1ccccc1)c1ccccc1C#N. The third kappa shape index (κ3) is 4.03. The molecule has 4 nitrogen and oxygen atoms in total. The lowest BCUT2D eigenvalue weighted by Gasteiger charge is -2.25. The van der Waals surface area contributed by atoms with E-state index >= 15 is 0 Å². The average Bonchev–Trinajstić information content (AvgIpc) is 2.74. The van der Waals surface area contributed by atoms with Crippen LogP contribution in [0.5, 0.6) is 0 Å². The van der Waals surface area contributed by atoms with Crippen molar-refractivity contribution in [3.8, 4) is 12.1 Å². The van der Waals surface area contributed by atoms with Gasteiger partial charge in [-0.05, 0) is 36.2 Å². The highest BCUT2D eigenvalue weighted by atomic mass is 16.2. The number of anilines is 2. The number of rotatable bonds is 5. The van der Waals surface area contributed by atoms with E-state index in [1.165, 1.54) is 4.90 Å². The molecule has 0 unspecified atom stereocenters. The quantitative estimate of drug-likeness (QED) is 0.667. The highest BCUT2D eigenvalue weighted by Gasteiger charge is 2.22. The molecule has 0 bridgehead atoms. The van der Waals surface area contributed by atoms with Crippen molar-refractivity contribution in [1.82, 2.24) is 0 Å². The monoisotopic (exact) mass is 351 g/mol. The first kappa shape index (κ1) is 17.9. The van der Waals surface area contributed by atoms with Crippen LogP contribution in [0.15, 0.2) is 78.9 Å². The predicted molar refractivity (Wildman–Crippen MR) is 104 cm³/mol. The zero-order valence-corrected chi connectivity index (χ0v) is 14.7. The second kappa shape index (κ2) is 8.47. The van der Waals surface area contributed by atoms with Crippen LogP contribution in [-0.4, -0.2) is 5.91 Å². The first-order valence-electron chi connectivity index (χ1n) is 8.59. The second-order valence-corrected chi connectivity index (χ2v) is 5.97. The molecule has 0 aromatic heterocycles. The van der Waals surface area contributed by atoms with Gasteiger partial charge in [0.15, 0.2) is 0 Å². The maximum Gasteiger partial charge on any atom is 0.231 e. The molecule has 0 aliphatic heterocycles. The molecule has 0 spiro atoms. The molecule has 3 aromatic carbocycles. The fraction of sp³-hybridized carbons (Fsp3) is 0.0870. The van der Waals surface area contributed by atoms with Crippen LogP contribution in [0.4, 0.5) is 11.4 Å². The van der Waals surface area contributed by atoms with Crippen molar-refractivity contribution in [2.24, 2.45) is 0 Å². The van der Waals surface area contributed by atoms with E-state index in [4.69, 9.17) is 0 Å². The van der Waals surface area contributed by atoms with Crippen LogP contribution in [0.3, 0.4) is 0 Å². The van der Waals surface area contributed by atoms with E-state index in [0.29, 0.717) is 28.9 Å². The largest absolute Gasteiger partial charge is 0.278 e. The Kier molecular flexibility index (Phi) is 5.62. The minimum Gasteiger partial charge on any atom is -0.278 e. The zero-order valence-electron chi connectivity index (χ0n) is 14.7. The number of amides is 1. The van der Waals surface area contributed by atoms with Gasteiger partial charge in [0, 0.05) is 6.42 Å². The van der Waals surface area contributed by atoms with Gasteiger partial charge in [-0.15, -0.1) is 0 Å². The smallest absolute Gasteiger partial charge is 0.231 e. The summed E-state index contributed by atoms with van der Waals surface area (Å²) in [4.78, 5) is 14.6. The number of nitriles is 2. The van der Waals surface area contributed by atoms with Crippen LogP contribution in [0.1, 0.15) is 23.1 Å². The molecule has 0 heterocycles. The summed E-state index contributed by atoms with van der Waals surface area (Å²) in [5.41, 5.74) is 2.81. The number of nitrogens with zero attached hydrogens (tertiary/aromatic N) is 3. The second-order valence-electron chi connectivity index (χ2n) is 5.97. The topological polar surface area (TPSA) is 67.9 Å². The van der Waals surface area contributed by atoms with Gasteiger partial charge >= 0.3 is 0 Å². The van der Waals surface area contributed by atoms with Crippen molar-refractivity contribution < 1.29 is 4.79 Å². The van der Waals surface area contributed by atoms with Gasteiger partial charge in [0.1, 0.15) is 12.1 Å². The number of hydrogen-bond acceptors (Lipinski definition) is 3. The van der Waals surface area contributed by atoms with E-state index < -0.39 is 0 Å². The third-order valence-corrected chi connectivity index (χ3v) is 4.25. The van der Waals surface area contributed by atoms with Crippen molar-refractivity contribution in [1.29, 1.82) is 10.5 Å². The lowest BCUT2D eigenvalue weighted by molar-refractivity contribution is -0.117. The molecule has 4 heteroatoms. The number of carbonyl (C=O) groups excluding carboxylic acids is 1. The Morgan fingerprint density at radius 2 is 1.22 bits per heavy atom. The van der Waals surface area contributed by atoms with Gasteiger partial charge in [0.2, 0.25) is 5.91 Å². The normalized spacial score (nSPS) is 9.85. The van der Waals surface area contributed by atoms with Gasteiger partial charge in [-0.3, -0.25) is 9.69 Å². The van der Waals surface area contributed by atoms with Gasteiger partial charge in [0.05, 0.1) is 22.5 Å². The third-order valence-electron chi connectivity index (χ3n) is 4.25. The Labute approximate surface area is 158 Å². The van der Waals surface area contributed by atoms with Gasteiger partial charge in [-0.25, -0.2) is 0 Å². The molecule has 0 aliphatic rings. The molecule has 0 aliphatic carbocycles. The Morgan fingerprint density at radius 3 is 1.74 bits per heavy atom. The maximum atomic E-state index is 13.2. The summed E-state index contributed by atoms with van der Waals surface area (Å²) in [6.45, 7) is 0. The lowest BCUT2D eigenvalue weighted by atomic mass is 10.1. The summed E-state index contributed by atoms with van der Waals surface area (Å²) in [5, 5.41) is 19.0. The van der Waals surface area contributed by atoms with Gasteiger partial charge in [-0.2, -0.15) is 10.5 Å². The van der Waals surface area contributed by atoms with Gasteiger partial charge in [0.25, 0.3) is 0 Å². The van der Waals surface area contributed by atoms with Gasteiger partial charge < -0.3 is 0 Å². The molecule has 130 valence electrons. The molecule has 0 saturated carbocycles. The molecular weight excluding hydrogens is 334 g/mol. The van der Waals surface area contributed by atoms with Crippen molar-refractivity contribution >= 4 is 17.3 Å². The van der Waals surface area contributed by atoms with E-state index in [1.807, 2.05) is 30.3 Å². The fourth-order valence-corrected chi connectivity index (χ4v) is 2.93. The Morgan fingerprint density at radius 1 is 0.741 bits per heavy atom. The van der Waals surface area contributed by atoms with E-state index in [-0.39, 0.29) is 12.3 Å². The standard InChI is InChI=1S/C23H17N3O/c24-16-19-10-4-6-12-21(19)26(22-13-7-5-11-20(22)17-25)23(27)15-14-18-8-2-1-3-9-18/h1-13H,14-15H2. The summed E-state index contributed by atoms with van der Waals surface area (Å²) < 4.78 is 0. The van der Waals surface area contributed by atoms with Crippen LogP contribution in [-0.2, 0) is 11.2 Å². The number of benzene rings is 3. The number of aryl methyl sites for hydroxylation is 1. The van der Waals surface area contributed by atoms with E-state index in [9.17, 15) is 15.3 Å². The van der Waals surface area contributed by atoms with Crippen molar-refractivity contribution in [2.45, 2.75) is 12.8 Å². The predicted octanol–water partition coefficient (Wildman–Crippen LogP) is 4.73. The average molecular weight is 351 g/mol. The molecule has 0 N–H and O–H groups in total. The minimum atomic E-state index is -0.163. The van der Waals surface area contributed by atoms with Crippen LogP contribution in [0, 0.1) is 22.7 Å². The molecular formula is C23H17N3O. The number of para-hydroxylation sites is 2. The molecule has 0 atom stereocenters. The molecule has 0 radical (unpaired) electrons. The summed E-state index contributed by atoms with van der Waals surface area (Å²) in [6.07, 6.45) is 0.850. The summed E-state index contributed by atoms with van der Waals surface area (Å²) >= 11 is 0. The molecule has 1 amide bonds. The Hall–Kier alpha value is -3.89. The van der Waals surface area contributed by atoms with E-state index in [1.54, 1.807) is 48.5 Å². The molecule has 0 fully saturated rings. The van der Waals surface area contributed by atoms with Crippen molar-refractivity contribution in [3.05, 3.63) is 95.6 Å². The summed E-state index contributed by atoms with van der Waals surface area (Å²) in [5.74, 6) is -0.163. The fourth-order valence-electron chi connectivity index (χ4n) is 2.93. The van der Waals surface area contributed by atoms with Crippen LogP contribution >= 0.6 is 0 Å². The van der Waals surface area contributed by atoms with Crippen LogP contribution in [0.2, 0.25) is 0 Å². The highest BCUT2D eigenvalue weighted by molar-refractivity contribution is 6.02. The number of carbonyl (C=O) groups is 1. The maximum absolute atomic E-state index is 13.2. The first-order valence-corrected chi connectivity index (χ1v) is 8.59. The molecule has 3 aromatic rings. The first-order chi connectivity index (χ1) is 13.2. The van der Waals surface area contributed by atoms with Crippen LogP contribution < -0.4 is 4.90 Å². The Bertz CT molecular complexity index is 972. The van der Waals surface area contributed by atoms with Gasteiger partial charge in [-0.1, -0.05) is 54.6 Å². The van der Waals surface area contributed by atoms with Crippen molar-refractivity contribution in [3.63, 3.8) is 0 Å². The van der Waals surface area contributed by atoms with E-state index in [2.05, 4.69) is 12.1 Å². The molecule has 0 saturated heterocycles. The van der Waals surface area contributed by atoms with E-state index in [0.717, 1.165) is 5.56 Å². The summed E-state index contributed by atoms with van der Waals surface area (Å²) in [7, 11) is 0. The minimum absolute atomic E-state index is 0.163. The zero-order chi connectivity index (χ0) is 19.1. The molecule has 27 heavy (non-hydrogen) atoms. The van der Waals surface area contributed by atoms with Crippen molar-refractivity contribution in [2.75, 3.05) is 4.90 Å². The highest BCUT2D eigenvalue weighted by Crippen LogP contribution is 2.31. The molecule has 3 rings (SSSR count).